The number of hydrogen-bond acceptors (Lipinski definition) is 6. The molecule has 0 aliphatic heterocycles. The predicted octanol–water partition coefficient (Wildman–Crippen LogP) is -1.22. The summed E-state index contributed by atoms with van der Waals surface area (Å²) >= 11 is 0. The van der Waals surface area contributed by atoms with Crippen LogP contribution in [0.2, 0.25) is 0 Å². The van der Waals surface area contributed by atoms with Crippen molar-refractivity contribution in [2.45, 2.75) is 13.3 Å². The third kappa shape index (κ3) is 6.44. The summed E-state index contributed by atoms with van der Waals surface area (Å²) in [6.45, 7) is 1.67. The zero-order valence-electron chi connectivity index (χ0n) is 9.70. The maximum atomic E-state index is 11.7. The maximum absolute atomic E-state index is 11.7. The van der Waals surface area contributed by atoms with Crippen molar-refractivity contribution < 1.29 is 22.0 Å². The van der Waals surface area contributed by atoms with E-state index >= 15 is 0 Å². The molecule has 0 aliphatic carbocycles. The molecular weight excluding hydrogens is 270 g/mol. The molecule has 0 heterocycles. The third-order valence-corrected chi connectivity index (χ3v) is 5.99. The first kappa shape index (κ1) is 16.1. The number of amidine groups is 1. The Kier molecular flexibility index (Phi) is 5.85. The van der Waals surface area contributed by atoms with Gasteiger partial charge < -0.3 is 10.9 Å². The number of nitrogens with zero attached hydrogens (tertiary/aromatic N) is 2. The molecule has 102 valence electrons. The zero-order chi connectivity index (χ0) is 13.7. The molecule has 0 aromatic carbocycles. The van der Waals surface area contributed by atoms with Gasteiger partial charge in [0.05, 0.1) is 0 Å². The normalized spacial score (nSPS) is 14.2. The quantitative estimate of drug-likeness (QED) is 0.261. The average molecular weight is 287 g/mol. The fourth-order valence-electron chi connectivity index (χ4n) is 1.13. The second-order valence-electron chi connectivity index (χ2n) is 3.49. The minimum Gasteiger partial charge on any atom is -0.409 e. The summed E-state index contributed by atoms with van der Waals surface area (Å²) in [5.41, 5.74) is 5.21. The number of sulfone groups is 1. The first-order valence-electron chi connectivity index (χ1n) is 4.74. The van der Waals surface area contributed by atoms with Gasteiger partial charge >= 0.3 is 0 Å². The second-order valence-corrected chi connectivity index (χ2v) is 7.96. The minimum absolute atomic E-state index is 0.0236. The van der Waals surface area contributed by atoms with Crippen molar-refractivity contribution in [2.24, 2.45) is 10.9 Å². The molecule has 0 aromatic heterocycles. The van der Waals surface area contributed by atoms with E-state index < -0.39 is 24.9 Å². The summed E-state index contributed by atoms with van der Waals surface area (Å²) in [4.78, 5) is 0. The Balaban J connectivity index is 4.77. The fraction of sp³-hybridized carbons (Fsp3) is 0.857. The molecule has 10 heteroatoms. The van der Waals surface area contributed by atoms with E-state index in [-0.39, 0.29) is 25.3 Å². The molecule has 0 aliphatic rings. The zero-order valence-corrected chi connectivity index (χ0v) is 11.3. The SMILES string of the molecule is CCN(CCC(N)=NO)S(=O)(=O)CS(C)(=O)=O. The summed E-state index contributed by atoms with van der Waals surface area (Å²) in [6, 6.07) is 0. The number of hydrogen-bond donors (Lipinski definition) is 2. The van der Waals surface area contributed by atoms with Crippen LogP contribution >= 0.6 is 0 Å². The summed E-state index contributed by atoms with van der Waals surface area (Å²) in [7, 11) is -7.50. The summed E-state index contributed by atoms with van der Waals surface area (Å²) in [5, 5.41) is 10.1. The number of nitrogens with two attached hydrogens (primary N) is 1. The molecule has 0 saturated carbocycles. The van der Waals surface area contributed by atoms with Gasteiger partial charge in [-0.1, -0.05) is 12.1 Å². The Morgan fingerprint density at radius 3 is 2.24 bits per heavy atom. The largest absolute Gasteiger partial charge is 0.409 e. The molecule has 0 bridgehead atoms. The van der Waals surface area contributed by atoms with Gasteiger partial charge in [-0.25, -0.2) is 21.1 Å². The van der Waals surface area contributed by atoms with Crippen molar-refractivity contribution in [3.8, 4) is 0 Å². The van der Waals surface area contributed by atoms with E-state index in [4.69, 9.17) is 10.9 Å². The van der Waals surface area contributed by atoms with E-state index in [1.54, 1.807) is 6.92 Å². The van der Waals surface area contributed by atoms with E-state index in [2.05, 4.69) is 5.16 Å². The van der Waals surface area contributed by atoms with Gasteiger partial charge in [-0.05, 0) is 0 Å². The predicted molar refractivity (Wildman–Crippen MR) is 63.9 cm³/mol. The molecule has 0 amide bonds. The van der Waals surface area contributed by atoms with E-state index in [1.807, 2.05) is 0 Å². The summed E-state index contributed by atoms with van der Waals surface area (Å²) < 4.78 is 46.3. The molecule has 0 saturated heterocycles. The van der Waals surface area contributed by atoms with Gasteiger partial charge in [0, 0.05) is 25.8 Å². The summed E-state index contributed by atoms with van der Waals surface area (Å²) in [5.74, 6) is -0.113. The molecule has 0 unspecified atom stereocenters. The van der Waals surface area contributed by atoms with Crippen molar-refractivity contribution in [1.82, 2.24) is 4.31 Å². The fourth-order valence-corrected chi connectivity index (χ4v) is 4.65. The van der Waals surface area contributed by atoms with Crippen LogP contribution in [-0.4, -0.2) is 56.6 Å². The van der Waals surface area contributed by atoms with Crippen LogP contribution in [0, 0.1) is 0 Å². The number of sulfonamides is 1. The first-order chi connectivity index (χ1) is 7.62. The number of oxime groups is 1. The van der Waals surface area contributed by atoms with Gasteiger partial charge in [0.2, 0.25) is 10.0 Å². The smallest absolute Gasteiger partial charge is 0.228 e. The highest BCUT2D eigenvalue weighted by molar-refractivity contribution is 8.06. The Morgan fingerprint density at radius 1 is 1.35 bits per heavy atom. The molecule has 0 radical (unpaired) electrons. The van der Waals surface area contributed by atoms with Gasteiger partial charge in [0.15, 0.2) is 14.9 Å². The molecule has 0 atom stereocenters. The van der Waals surface area contributed by atoms with E-state index in [0.717, 1.165) is 10.6 Å². The molecule has 8 nitrogen and oxygen atoms in total. The number of rotatable bonds is 7. The summed E-state index contributed by atoms with van der Waals surface area (Å²) in [6.07, 6.45) is 0.884. The van der Waals surface area contributed by atoms with Gasteiger partial charge in [0.1, 0.15) is 5.84 Å². The van der Waals surface area contributed by atoms with E-state index in [9.17, 15) is 16.8 Å². The van der Waals surface area contributed by atoms with Crippen LogP contribution in [0.3, 0.4) is 0 Å². The highest BCUT2D eigenvalue weighted by Gasteiger charge is 2.25. The monoisotopic (exact) mass is 287 g/mol. The lowest BCUT2D eigenvalue weighted by Crippen LogP contribution is -2.37. The van der Waals surface area contributed by atoms with Crippen molar-refractivity contribution in [1.29, 1.82) is 0 Å². The molecule has 0 rings (SSSR count). The van der Waals surface area contributed by atoms with Crippen molar-refractivity contribution in [3.63, 3.8) is 0 Å². The molecule has 0 spiro atoms. The van der Waals surface area contributed by atoms with Gasteiger partial charge in [-0.2, -0.15) is 0 Å². The average Bonchev–Trinajstić information content (AvgIpc) is 2.14. The van der Waals surface area contributed by atoms with Crippen LogP contribution in [0.5, 0.6) is 0 Å². The lowest BCUT2D eigenvalue weighted by molar-refractivity contribution is 0.315. The van der Waals surface area contributed by atoms with Crippen LogP contribution in [0.1, 0.15) is 13.3 Å². The standard InChI is InChI=1S/C7H17N3O5S2/c1-3-10(5-4-7(8)9-11)17(14,15)6-16(2,12)13/h11H,3-6H2,1-2H3,(H2,8,9). The molecule has 0 fully saturated rings. The molecule has 3 N–H and O–H groups in total. The second kappa shape index (κ2) is 6.17. The highest BCUT2D eigenvalue weighted by atomic mass is 32.3. The third-order valence-electron chi connectivity index (χ3n) is 1.85. The first-order valence-corrected chi connectivity index (χ1v) is 8.41. The van der Waals surface area contributed by atoms with Crippen molar-refractivity contribution in [2.75, 3.05) is 24.4 Å². The van der Waals surface area contributed by atoms with Crippen LogP contribution in [-0.2, 0) is 19.9 Å². The molecule has 0 aromatic rings. The Labute approximate surface area is 101 Å². The van der Waals surface area contributed by atoms with Crippen LogP contribution in [0.15, 0.2) is 5.16 Å². The van der Waals surface area contributed by atoms with Gasteiger partial charge in [-0.15, -0.1) is 0 Å². The van der Waals surface area contributed by atoms with E-state index in [0.29, 0.717) is 0 Å². The van der Waals surface area contributed by atoms with Crippen molar-refractivity contribution in [3.05, 3.63) is 0 Å². The molecule has 17 heavy (non-hydrogen) atoms. The minimum atomic E-state index is -3.88. The lowest BCUT2D eigenvalue weighted by Gasteiger charge is -2.19. The van der Waals surface area contributed by atoms with Crippen LogP contribution in [0.25, 0.3) is 0 Å². The van der Waals surface area contributed by atoms with Crippen LogP contribution < -0.4 is 5.73 Å². The highest BCUT2D eigenvalue weighted by Crippen LogP contribution is 2.05. The lowest BCUT2D eigenvalue weighted by atomic mass is 10.4. The van der Waals surface area contributed by atoms with Crippen LogP contribution in [0.4, 0.5) is 0 Å². The molecular formula is C7H17N3O5S2. The van der Waals surface area contributed by atoms with Crippen molar-refractivity contribution >= 4 is 25.7 Å². The van der Waals surface area contributed by atoms with E-state index in [1.165, 1.54) is 0 Å². The Morgan fingerprint density at radius 2 is 1.88 bits per heavy atom. The Bertz CT molecular complexity index is 468. The Hall–Kier alpha value is -0.870. The van der Waals surface area contributed by atoms with Gasteiger partial charge in [0.25, 0.3) is 0 Å². The topological polar surface area (TPSA) is 130 Å². The maximum Gasteiger partial charge on any atom is 0.228 e. The van der Waals surface area contributed by atoms with Gasteiger partial charge in [-0.3, -0.25) is 0 Å².